The monoisotopic (exact) mass is 480 g/mol. The summed E-state index contributed by atoms with van der Waals surface area (Å²) in [5.74, 6) is 0. The fraction of sp³-hybridized carbons (Fsp3) is 0. The van der Waals surface area contributed by atoms with E-state index in [0.29, 0.717) is 0 Å². The van der Waals surface area contributed by atoms with E-state index >= 15 is 0 Å². The molecule has 0 aliphatic carbocycles. The van der Waals surface area contributed by atoms with E-state index in [4.69, 9.17) is 0 Å². The molecule has 2 heteroatoms. The van der Waals surface area contributed by atoms with Crippen LogP contribution in [0.3, 0.4) is 0 Å². The van der Waals surface area contributed by atoms with Crippen LogP contribution in [0.5, 0.6) is 0 Å². The van der Waals surface area contributed by atoms with Gasteiger partial charge in [-0.25, -0.2) is 0 Å². The van der Waals surface area contributed by atoms with Crippen LogP contribution in [-0.4, -0.2) is 8.80 Å². The van der Waals surface area contributed by atoms with Gasteiger partial charge in [-0.2, -0.15) is 0 Å². The van der Waals surface area contributed by atoms with Crippen LogP contribution < -0.4 is 0 Å². The van der Waals surface area contributed by atoms with Crippen molar-refractivity contribution >= 4 is 76.2 Å². The van der Waals surface area contributed by atoms with Gasteiger partial charge >= 0.3 is 0 Å². The molecule has 0 saturated heterocycles. The van der Waals surface area contributed by atoms with Crippen LogP contribution >= 0.6 is 0 Å². The van der Waals surface area contributed by atoms with E-state index in [9.17, 15) is 0 Å². The zero-order valence-electron chi connectivity index (χ0n) is 20.4. The third-order valence-corrected chi connectivity index (χ3v) is 8.76. The van der Waals surface area contributed by atoms with Crippen LogP contribution in [0.15, 0.2) is 121 Å². The van der Waals surface area contributed by atoms with Crippen molar-refractivity contribution in [3.05, 3.63) is 121 Å². The SMILES string of the molecule is c1ccc2c(c1)c1cc(-c3cccc4c3c3cccc5c6ccccc6n4c53)cc3c4ccccc4n2c13. The van der Waals surface area contributed by atoms with Gasteiger partial charge in [0.25, 0.3) is 0 Å². The smallest absolute Gasteiger partial charge is 0.0620 e. The van der Waals surface area contributed by atoms with E-state index in [0.717, 1.165) is 0 Å². The highest BCUT2D eigenvalue weighted by Gasteiger charge is 2.22. The standard InChI is InChI=1S/C36H20N2/c1-4-15-30-23(9-1)26-13-7-14-27-34-22(12-8-18-33(34)38(30)35(26)27)21-19-28-24-10-2-5-16-31(24)37-32-17-6-3-11-25(32)29(20-21)36(28)37/h1-20H. The number of hydrogen-bond donors (Lipinski definition) is 0. The maximum atomic E-state index is 2.47. The average molecular weight is 481 g/mol. The molecule has 38 heavy (non-hydrogen) atoms. The first-order valence-electron chi connectivity index (χ1n) is 13.2. The third-order valence-electron chi connectivity index (χ3n) is 8.76. The van der Waals surface area contributed by atoms with Crippen molar-refractivity contribution < 1.29 is 0 Å². The fourth-order valence-corrected chi connectivity index (χ4v) is 7.33. The van der Waals surface area contributed by atoms with Crippen LogP contribution in [0.2, 0.25) is 0 Å². The Kier molecular flexibility index (Phi) is 3.23. The molecule has 0 saturated carbocycles. The van der Waals surface area contributed by atoms with Gasteiger partial charge in [0.2, 0.25) is 0 Å². The predicted octanol–water partition coefficient (Wildman–Crippen LogP) is 9.65. The number of para-hydroxylation sites is 4. The summed E-state index contributed by atoms with van der Waals surface area (Å²) in [7, 11) is 0. The lowest BCUT2D eigenvalue weighted by Crippen LogP contribution is -1.84. The molecule has 6 aromatic carbocycles. The van der Waals surface area contributed by atoms with Crippen molar-refractivity contribution in [3.8, 4) is 11.1 Å². The van der Waals surface area contributed by atoms with Gasteiger partial charge in [0.1, 0.15) is 0 Å². The van der Waals surface area contributed by atoms with Gasteiger partial charge in [0.05, 0.1) is 33.1 Å². The lowest BCUT2D eigenvalue weighted by Gasteiger charge is -2.08. The molecule has 0 amide bonds. The maximum absolute atomic E-state index is 2.47. The molecule has 0 N–H and O–H groups in total. The van der Waals surface area contributed by atoms with E-state index in [-0.39, 0.29) is 0 Å². The van der Waals surface area contributed by atoms with Crippen LogP contribution in [-0.2, 0) is 0 Å². The van der Waals surface area contributed by atoms with Crippen LogP contribution in [0.25, 0.3) is 87.3 Å². The number of fused-ring (bicyclic) bond motifs is 12. The summed E-state index contributed by atoms with van der Waals surface area (Å²) in [5, 5.41) is 10.6. The Bertz CT molecular complexity index is 2480. The van der Waals surface area contributed by atoms with Crippen molar-refractivity contribution in [2.45, 2.75) is 0 Å². The Hall–Kier alpha value is -5.08. The first kappa shape index (κ1) is 19.1. The first-order valence-corrected chi connectivity index (χ1v) is 13.2. The molecule has 0 atom stereocenters. The van der Waals surface area contributed by atoms with Crippen molar-refractivity contribution in [2.24, 2.45) is 0 Å². The van der Waals surface area contributed by atoms with Crippen LogP contribution in [0.4, 0.5) is 0 Å². The molecule has 10 rings (SSSR count). The molecule has 0 bridgehead atoms. The molecule has 0 unspecified atom stereocenters. The van der Waals surface area contributed by atoms with E-state index in [1.165, 1.54) is 87.3 Å². The van der Waals surface area contributed by atoms with Crippen molar-refractivity contribution in [3.63, 3.8) is 0 Å². The Labute approximate surface area is 217 Å². The zero-order chi connectivity index (χ0) is 24.5. The first-order chi connectivity index (χ1) is 18.9. The van der Waals surface area contributed by atoms with Gasteiger partial charge in [-0.3, -0.25) is 0 Å². The summed E-state index contributed by atoms with van der Waals surface area (Å²) in [6.07, 6.45) is 0. The molecule has 0 fully saturated rings. The lowest BCUT2D eigenvalue weighted by molar-refractivity contribution is 1.37. The minimum atomic E-state index is 1.27. The minimum absolute atomic E-state index is 1.27. The van der Waals surface area contributed by atoms with Gasteiger partial charge in [0.15, 0.2) is 0 Å². The zero-order valence-corrected chi connectivity index (χ0v) is 20.4. The van der Waals surface area contributed by atoms with Crippen molar-refractivity contribution in [1.29, 1.82) is 0 Å². The van der Waals surface area contributed by atoms with Gasteiger partial charge in [-0.05, 0) is 47.5 Å². The molecule has 174 valence electrons. The molecule has 4 aromatic heterocycles. The highest BCUT2D eigenvalue weighted by molar-refractivity contribution is 6.28. The highest BCUT2D eigenvalue weighted by Crippen LogP contribution is 2.45. The quantitative estimate of drug-likeness (QED) is 0.221. The molecule has 0 aliphatic heterocycles. The summed E-state index contributed by atoms with van der Waals surface area (Å²) in [6.45, 7) is 0. The number of rotatable bonds is 1. The second kappa shape index (κ2) is 6.42. The molecule has 0 radical (unpaired) electrons. The van der Waals surface area contributed by atoms with E-state index in [2.05, 4.69) is 130 Å². The van der Waals surface area contributed by atoms with E-state index < -0.39 is 0 Å². The predicted molar refractivity (Wildman–Crippen MR) is 161 cm³/mol. The van der Waals surface area contributed by atoms with Crippen molar-refractivity contribution in [2.75, 3.05) is 0 Å². The Balaban J connectivity index is 1.42. The Morgan fingerprint density at radius 1 is 0.342 bits per heavy atom. The summed E-state index contributed by atoms with van der Waals surface area (Å²) in [5.41, 5.74) is 10.3. The largest absolute Gasteiger partial charge is 0.308 e. The average Bonchev–Trinajstić information content (AvgIpc) is 3.70. The molecular formula is C36H20N2. The highest BCUT2D eigenvalue weighted by atomic mass is 14.9. The molecule has 4 heterocycles. The Morgan fingerprint density at radius 2 is 0.789 bits per heavy atom. The Morgan fingerprint density at radius 3 is 1.45 bits per heavy atom. The van der Waals surface area contributed by atoms with E-state index in [1.54, 1.807) is 0 Å². The lowest BCUT2D eigenvalue weighted by atomic mass is 9.95. The summed E-state index contributed by atoms with van der Waals surface area (Å²) >= 11 is 0. The molecule has 0 aliphatic rings. The molecular weight excluding hydrogens is 460 g/mol. The van der Waals surface area contributed by atoms with Crippen LogP contribution in [0, 0.1) is 0 Å². The number of aromatic nitrogens is 2. The van der Waals surface area contributed by atoms with Gasteiger partial charge < -0.3 is 8.80 Å². The summed E-state index contributed by atoms with van der Waals surface area (Å²) < 4.78 is 4.92. The summed E-state index contributed by atoms with van der Waals surface area (Å²) in [4.78, 5) is 0. The topological polar surface area (TPSA) is 8.82 Å². The second-order valence-corrected chi connectivity index (χ2v) is 10.5. The fourth-order valence-electron chi connectivity index (χ4n) is 7.33. The number of nitrogens with zero attached hydrogens (tertiary/aromatic N) is 2. The summed E-state index contributed by atoms with van der Waals surface area (Å²) in [6, 6.07) is 44.9. The van der Waals surface area contributed by atoms with E-state index in [1.807, 2.05) is 0 Å². The number of hydrogen-bond acceptors (Lipinski definition) is 0. The van der Waals surface area contributed by atoms with Gasteiger partial charge in [-0.1, -0.05) is 84.9 Å². The molecule has 10 aromatic rings. The van der Waals surface area contributed by atoms with Gasteiger partial charge in [0, 0.05) is 43.1 Å². The molecule has 2 nitrogen and oxygen atoms in total. The minimum Gasteiger partial charge on any atom is -0.308 e. The number of benzene rings is 6. The second-order valence-electron chi connectivity index (χ2n) is 10.5. The van der Waals surface area contributed by atoms with Crippen molar-refractivity contribution in [1.82, 2.24) is 8.80 Å². The normalized spacial score (nSPS) is 12.7. The third kappa shape index (κ3) is 2.06. The van der Waals surface area contributed by atoms with Crippen LogP contribution in [0.1, 0.15) is 0 Å². The molecule has 0 spiro atoms. The maximum Gasteiger partial charge on any atom is 0.0620 e. The van der Waals surface area contributed by atoms with Gasteiger partial charge in [-0.15, -0.1) is 0 Å².